The van der Waals surface area contributed by atoms with Crippen LogP contribution in [0.4, 0.5) is 0 Å². The minimum Gasteiger partial charge on any atom is -0.494 e. The molecular formula is C27H24ClN3O2. The summed E-state index contributed by atoms with van der Waals surface area (Å²) in [7, 11) is 1.94. The van der Waals surface area contributed by atoms with Crippen LogP contribution in [0, 0.1) is 11.3 Å². The molecule has 0 aliphatic carbocycles. The van der Waals surface area contributed by atoms with Crippen LogP contribution in [-0.2, 0) is 18.4 Å². The monoisotopic (exact) mass is 457 g/mol. The molecule has 0 bridgehead atoms. The molecule has 4 aromatic rings. The van der Waals surface area contributed by atoms with Crippen molar-refractivity contribution < 1.29 is 9.47 Å². The van der Waals surface area contributed by atoms with E-state index in [9.17, 15) is 0 Å². The first-order valence-corrected chi connectivity index (χ1v) is 11.1. The summed E-state index contributed by atoms with van der Waals surface area (Å²) in [5.74, 6) is 0.812. The lowest BCUT2D eigenvalue weighted by molar-refractivity contribution is 0.0624. The molecule has 6 heteroatoms. The summed E-state index contributed by atoms with van der Waals surface area (Å²) in [6.07, 6.45) is 3.21. The predicted octanol–water partition coefficient (Wildman–Crippen LogP) is 6.32. The van der Waals surface area contributed by atoms with Crippen molar-refractivity contribution in [3.8, 4) is 22.9 Å². The molecule has 1 heterocycles. The first-order chi connectivity index (χ1) is 16.1. The van der Waals surface area contributed by atoms with Crippen molar-refractivity contribution in [2.75, 3.05) is 6.61 Å². The smallest absolute Gasteiger partial charge is 0.124 e. The van der Waals surface area contributed by atoms with Gasteiger partial charge >= 0.3 is 0 Å². The molecule has 0 fully saturated rings. The van der Waals surface area contributed by atoms with Crippen molar-refractivity contribution in [1.82, 2.24) is 9.55 Å². The third-order valence-corrected chi connectivity index (χ3v) is 5.63. The fraction of sp³-hybridized carbons (Fsp3) is 0.185. The second-order valence-corrected chi connectivity index (χ2v) is 8.05. The molecule has 1 unspecified atom stereocenters. The average molecular weight is 458 g/mol. The molecule has 0 saturated carbocycles. The molecule has 0 saturated heterocycles. The van der Waals surface area contributed by atoms with E-state index >= 15 is 0 Å². The quantitative estimate of drug-likeness (QED) is 0.310. The van der Waals surface area contributed by atoms with Gasteiger partial charge in [0.05, 0.1) is 43.1 Å². The van der Waals surface area contributed by atoms with Gasteiger partial charge in [0, 0.05) is 12.1 Å². The van der Waals surface area contributed by atoms with Gasteiger partial charge in [-0.3, -0.25) is 0 Å². The van der Waals surface area contributed by atoms with E-state index < -0.39 is 0 Å². The van der Waals surface area contributed by atoms with Gasteiger partial charge in [0.15, 0.2) is 0 Å². The summed E-state index contributed by atoms with van der Waals surface area (Å²) in [4.78, 5) is 4.26. The van der Waals surface area contributed by atoms with Crippen LogP contribution >= 0.6 is 11.6 Å². The summed E-state index contributed by atoms with van der Waals surface area (Å²) < 4.78 is 14.1. The number of aryl methyl sites for hydroxylation is 1. The maximum Gasteiger partial charge on any atom is 0.124 e. The van der Waals surface area contributed by atoms with Gasteiger partial charge in [-0.25, -0.2) is 4.98 Å². The number of halogens is 1. The van der Waals surface area contributed by atoms with Crippen LogP contribution in [0.1, 0.15) is 35.4 Å². The highest BCUT2D eigenvalue weighted by molar-refractivity contribution is 6.30. The molecule has 1 atom stereocenters. The molecule has 0 N–H and O–H groups in total. The van der Waals surface area contributed by atoms with E-state index in [-0.39, 0.29) is 6.10 Å². The third kappa shape index (κ3) is 5.25. The number of hydrogen-bond acceptors (Lipinski definition) is 4. The van der Waals surface area contributed by atoms with Crippen molar-refractivity contribution in [3.63, 3.8) is 0 Å². The molecule has 0 aliphatic rings. The van der Waals surface area contributed by atoms with Gasteiger partial charge < -0.3 is 14.0 Å². The standard InChI is InChI=1S/C27H24ClN3O2/c1-3-32-24-6-4-5-21(13-24)25-14-23(28)12-11-22(25)17-33-27(26-16-30-18-31(26)2)20-9-7-19(15-29)8-10-20/h4-14,16,18,27H,3,17H2,1-2H3. The van der Waals surface area contributed by atoms with Crippen LogP contribution in [0.15, 0.2) is 79.3 Å². The lowest BCUT2D eigenvalue weighted by Gasteiger charge is -2.20. The van der Waals surface area contributed by atoms with Crippen LogP contribution in [0.25, 0.3) is 11.1 Å². The van der Waals surface area contributed by atoms with Crippen LogP contribution in [0.3, 0.4) is 0 Å². The molecule has 0 radical (unpaired) electrons. The van der Waals surface area contributed by atoms with E-state index in [1.165, 1.54) is 0 Å². The number of rotatable bonds is 8. The Morgan fingerprint density at radius 1 is 1.09 bits per heavy atom. The molecule has 0 spiro atoms. The van der Waals surface area contributed by atoms with Gasteiger partial charge in [0.25, 0.3) is 0 Å². The normalized spacial score (nSPS) is 11.7. The van der Waals surface area contributed by atoms with E-state index in [0.717, 1.165) is 33.7 Å². The Kier molecular flexibility index (Phi) is 7.09. The average Bonchev–Trinajstić information content (AvgIpc) is 3.26. The second-order valence-electron chi connectivity index (χ2n) is 7.62. The summed E-state index contributed by atoms with van der Waals surface area (Å²) >= 11 is 6.35. The van der Waals surface area contributed by atoms with Gasteiger partial charge in [-0.1, -0.05) is 41.9 Å². The molecule has 4 rings (SSSR count). The Morgan fingerprint density at radius 3 is 2.61 bits per heavy atom. The van der Waals surface area contributed by atoms with E-state index in [4.69, 9.17) is 26.3 Å². The number of hydrogen-bond donors (Lipinski definition) is 0. The molecule has 3 aromatic carbocycles. The lowest BCUT2D eigenvalue weighted by Crippen LogP contribution is -2.11. The van der Waals surface area contributed by atoms with Crippen LogP contribution in [0.2, 0.25) is 5.02 Å². The fourth-order valence-corrected chi connectivity index (χ4v) is 3.91. The van der Waals surface area contributed by atoms with E-state index in [2.05, 4.69) is 11.1 Å². The Labute approximate surface area is 198 Å². The Hall–Kier alpha value is -3.59. The van der Waals surface area contributed by atoms with Crippen molar-refractivity contribution in [2.24, 2.45) is 7.05 Å². The number of nitriles is 1. The minimum atomic E-state index is -0.344. The largest absolute Gasteiger partial charge is 0.494 e. The van der Waals surface area contributed by atoms with Crippen LogP contribution in [-0.4, -0.2) is 16.2 Å². The Balaban J connectivity index is 1.67. The highest BCUT2D eigenvalue weighted by Gasteiger charge is 2.19. The predicted molar refractivity (Wildman–Crippen MR) is 129 cm³/mol. The van der Waals surface area contributed by atoms with Crippen molar-refractivity contribution in [1.29, 1.82) is 5.26 Å². The molecule has 0 aliphatic heterocycles. The summed E-state index contributed by atoms with van der Waals surface area (Å²) in [5.41, 5.74) is 5.50. The van der Waals surface area contributed by atoms with Crippen molar-refractivity contribution in [3.05, 3.63) is 107 Å². The molecule has 0 amide bonds. The van der Waals surface area contributed by atoms with Gasteiger partial charge in [-0.2, -0.15) is 5.26 Å². The highest BCUT2D eigenvalue weighted by atomic mass is 35.5. The maximum absolute atomic E-state index is 9.15. The minimum absolute atomic E-state index is 0.344. The highest BCUT2D eigenvalue weighted by Crippen LogP contribution is 2.33. The van der Waals surface area contributed by atoms with Crippen LogP contribution in [0.5, 0.6) is 5.75 Å². The van der Waals surface area contributed by atoms with Crippen molar-refractivity contribution >= 4 is 11.6 Å². The maximum atomic E-state index is 9.15. The number of imidazole rings is 1. The van der Waals surface area contributed by atoms with E-state index in [1.807, 2.05) is 73.1 Å². The number of benzene rings is 3. The van der Waals surface area contributed by atoms with Gasteiger partial charge in [-0.15, -0.1) is 0 Å². The lowest BCUT2D eigenvalue weighted by atomic mass is 9.99. The zero-order valence-corrected chi connectivity index (χ0v) is 19.3. The molecule has 166 valence electrons. The van der Waals surface area contributed by atoms with Crippen molar-refractivity contribution in [2.45, 2.75) is 19.6 Å². The molecule has 5 nitrogen and oxygen atoms in total. The van der Waals surface area contributed by atoms with E-state index in [1.54, 1.807) is 24.7 Å². The topological polar surface area (TPSA) is 60.1 Å². The second kappa shape index (κ2) is 10.4. The summed E-state index contributed by atoms with van der Waals surface area (Å²) in [6, 6.07) is 23.4. The SMILES string of the molecule is CCOc1cccc(-c2cc(Cl)ccc2COC(c2ccc(C#N)cc2)c2cncn2C)c1. The zero-order valence-electron chi connectivity index (χ0n) is 18.5. The number of ether oxygens (including phenoxy) is 2. The Morgan fingerprint density at radius 2 is 1.91 bits per heavy atom. The number of aromatic nitrogens is 2. The van der Waals surface area contributed by atoms with E-state index in [0.29, 0.717) is 23.8 Å². The summed E-state index contributed by atoms with van der Waals surface area (Å²) in [5, 5.41) is 9.80. The number of nitrogens with zero attached hydrogens (tertiary/aromatic N) is 3. The first kappa shape index (κ1) is 22.6. The zero-order chi connectivity index (χ0) is 23.2. The molecular weight excluding hydrogens is 434 g/mol. The van der Waals surface area contributed by atoms with Gasteiger partial charge in [0.2, 0.25) is 0 Å². The Bertz CT molecular complexity index is 1280. The third-order valence-electron chi connectivity index (χ3n) is 5.40. The first-order valence-electron chi connectivity index (χ1n) is 10.7. The van der Waals surface area contributed by atoms with Gasteiger partial charge in [-0.05, 0) is 65.6 Å². The molecule has 1 aromatic heterocycles. The molecule has 33 heavy (non-hydrogen) atoms. The fourth-order valence-electron chi connectivity index (χ4n) is 3.74. The van der Waals surface area contributed by atoms with Gasteiger partial charge in [0.1, 0.15) is 11.9 Å². The van der Waals surface area contributed by atoms with Crippen LogP contribution < -0.4 is 4.74 Å². The summed E-state index contributed by atoms with van der Waals surface area (Å²) in [6.45, 7) is 2.93.